The van der Waals surface area contributed by atoms with Crippen molar-refractivity contribution in [1.29, 1.82) is 0 Å². The van der Waals surface area contributed by atoms with E-state index in [1.54, 1.807) is 18.3 Å². The molecule has 0 bridgehead atoms. The molecule has 0 radical (unpaired) electrons. The SMILES string of the molecule is Cc1ccc(-n2ncc(C(=O)N3CCOC(c4ccc(F)cc4)C3)c2C2CC2)cc1Cl. The Morgan fingerprint density at radius 3 is 2.68 bits per heavy atom. The predicted molar refractivity (Wildman–Crippen MR) is 116 cm³/mol. The van der Waals surface area contributed by atoms with Gasteiger partial charge in [0.05, 0.1) is 36.3 Å². The van der Waals surface area contributed by atoms with Gasteiger partial charge in [-0.05, 0) is 55.2 Å². The molecule has 5 rings (SSSR count). The van der Waals surface area contributed by atoms with Gasteiger partial charge in [0.1, 0.15) is 11.9 Å². The van der Waals surface area contributed by atoms with E-state index < -0.39 is 0 Å². The van der Waals surface area contributed by atoms with Gasteiger partial charge in [0, 0.05) is 17.5 Å². The molecule has 1 aromatic heterocycles. The van der Waals surface area contributed by atoms with Gasteiger partial charge in [-0.1, -0.05) is 29.8 Å². The van der Waals surface area contributed by atoms with Crippen LogP contribution in [0.3, 0.4) is 0 Å². The van der Waals surface area contributed by atoms with Gasteiger partial charge in [0.25, 0.3) is 5.91 Å². The van der Waals surface area contributed by atoms with Crippen molar-refractivity contribution in [2.75, 3.05) is 19.7 Å². The van der Waals surface area contributed by atoms with Crippen LogP contribution in [0, 0.1) is 12.7 Å². The fraction of sp³-hybridized carbons (Fsp3) is 0.333. The molecule has 0 spiro atoms. The lowest BCUT2D eigenvalue weighted by Crippen LogP contribution is -2.42. The van der Waals surface area contributed by atoms with E-state index in [1.165, 1.54) is 12.1 Å². The minimum absolute atomic E-state index is 0.0400. The van der Waals surface area contributed by atoms with Crippen molar-refractivity contribution in [1.82, 2.24) is 14.7 Å². The zero-order chi connectivity index (χ0) is 21.5. The third-order valence-electron chi connectivity index (χ3n) is 6.00. The van der Waals surface area contributed by atoms with Gasteiger partial charge in [-0.15, -0.1) is 0 Å². The molecule has 0 N–H and O–H groups in total. The zero-order valence-electron chi connectivity index (χ0n) is 17.2. The van der Waals surface area contributed by atoms with Crippen LogP contribution in [0.1, 0.15) is 52.0 Å². The molecule has 1 saturated carbocycles. The van der Waals surface area contributed by atoms with E-state index in [0.717, 1.165) is 35.3 Å². The lowest BCUT2D eigenvalue weighted by molar-refractivity contribution is -0.0228. The maximum atomic E-state index is 13.5. The van der Waals surface area contributed by atoms with Crippen LogP contribution in [0.25, 0.3) is 5.69 Å². The van der Waals surface area contributed by atoms with Crippen LogP contribution in [0.5, 0.6) is 0 Å². The Morgan fingerprint density at radius 1 is 1.19 bits per heavy atom. The number of hydrogen-bond acceptors (Lipinski definition) is 3. The lowest BCUT2D eigenvalue weighted by Gasteiger charge is -2.33. The summed E-state index contributed by atoms with van der Waals surface area (Å²) in [5, 5.41) is 5.24. The van der Waals surface area contributed by atoms with Crippen molar-refractivity contribution >= 4 is 17.5 Å². The second-order valence-electron chi connectivity index (χ2n) is 8.23. The third kappa shape index (κ3) is 3.98. The maximum Gasteiger partial charge on any atom is 0.257 e. The Morgan fingerprint density at radius 2 is 1.97 bits per heavy atom. The maximum absolute atomic E-state index is 13.5. The average molecular weight is 440 g/mol. The van der Waals surface area contributed by atoms with Crippen LogP contribution in [0.15, 0.2) is 48.7 Å². The summed E-state index contributed by atoms with van der Waals surface area (Å²) >= 11 is 6.33. The average Bonchev–Trinajstić information content (AvgIpc) is 3.53. The summed E-state index contributed by atoms with van der Waals surface area (Å²) in [6.45, 7) is 3.34. The number of amides is 1. The highest BCUT2D eigenvalue weighted by molar-refractivity contribution is 6.31. The van der Waals surface area contributed by atoms with E-state index in [4.69, 9.17) is 16.3 Å². The van der Waals surface area contributed by atoms with Gasteiger partial charge >= 0.3 is 0 Å². The number of halogens is 2. The van der Waals surface area contributed by atoms with Crippen molar-refractivity contribution in [3.8, 4) is 5.69 Å². The van der Waals surface area contributed by atoms with E-state index >= 15 is 0 Å². The van der Waals surface area contributed by atoms with Gasteiger partial charge in [-0.25, -0.2) is 9.07 Å². The molecule has 5 nitrogen and oxygen atoms in total. The van der Waals surface area contributed by atoms with Gasteiger partial charge in [-0.3, -0.25) is 4.79 Å². The minimum atomic E-state index is -0.287. The number of carbonyl (C=O) groups excluding carboxylic acids is 1. The molecule has 31 heavy (non-hydrogen) atoms. The number of hydrogen-bond donors (Lipinski definition) is 0. The predicted octanol–water partition coefficient (Wildman–Crippen LogP) is 5.06. The Bertz CT molecular complexity index is 1120. The van der Waals surface area contributed by atoms with Gasteiger partial charge in [0.15, 0.2) is 0 Å². The van der Waals surface area contributed by atoms with E-state index in [-0.39, 0.29) is 17.8 Å². The van der Waals surface area contributed by atoms with Crippen molar-refractivity contribution in [2.24, 2.45) is 0 Å². The van der Waals surface area contributed by atoms with Gasteiger partial charge in [-0.2, -0.15) is 5.10 Å². The molecule has 1 atom stereocenters. The molecule has 1 saturated heterocycles. The highest BCUT2D eigenvalue weighted by Gasteiger charge is 2.35. The second kappa shape index (κ2) is 8.09. The summed E-state index contributed by atoms with van der Waals surface area (Å²) < 4.78 is 21.0. The molecule has 2 aliphatic rings. The zero-order valence-corrected chi connectivity index (χ0v) is 18.0. The van der Waals surface area contributed by atoms with E-state index in [1.807, 2.05) is 34.7 Å². The molecule has 7 heteroatoms. The molecule has 2 heterocycles. The number of morpholine rings is 1. The van der Waals surface area contributed by atoms with Crippen molar-refractivity contribution in [2.45, 2.75) is 31.8 Å². The molecule has 1 amide bonds. The Kier molecular flexibility index (Phi) is 5.28. The molecule has 1 unspecified atom stereocenters. The van der Waals surface area contributed by atoms with E-state index in [2.05, 4.69) is 5.10 Å². The highest BCUT2D eigenvalue weighted by atomic mass is 35.5. The molecule has 160 valence electrons. The molecule has 1 aliphatic carbocycles. The summed E-state index contributed by atoms with van der Waals surface area (Å²) in [7, 11) is 0. The van der Waals surface area contributed by atoms with Gasteiger partial charge in [0.2, 0.25) is 0 Å². The van der Waals surface area contributed by atoms with Crippen molar-refractivity contribution in [3.63, 3.8) is 0 Å². The topological polar surface area (TPSA) is 47.4 Å². The number of carbonyl (C=O) groups is 1. The first-order chi connectivity index (χ1) is 15.0. The fourth-order valence-electron chi connectivity index (χ4n) is 4.07. The second-order valence-corrected chi connectivity index (χ2v) is 8.63. The summed E-state index contributed by atoms with van der Waals surface area (Å²) in [5.74, 6) is 0.00225. The van der Waals surface area contributed by atoms with E-state index in [0.29, 0.717) is 36.2 Å². The standard InChI is InChI=1S/C24H23ClFN3O2/c1-15-2-9-19(12-21(15)25)29-23(17-3-4-17)20(13-27-29)24(30)28-10-11-31-22(14-28)16-5-7-18(26)8-6-16/h2,5-9,12-13,17,22H,3-4,10-11,14H2,1H3. The number of ether oxygens (including phenoxy) is 1. The highest BCUT2D eigenvalue weighted by Crippen LogP contribution is 2.43. The minimum Gasteiger partial charge on any atom is -0.370 e. The summed E-state index contributed by atoms with van der Waals surface area (Å²) in [5.41, 5.74) is 4.32. The molecule has 2 aromatic carbocycles. The summed E-state index contributed by atoms with van der Waals surface area (Å²) in [6.07, 6.45) is 3.50. The number of aromatic nitrogens is 2. The van der Waals surface area contributed by atoms with E-state index in [9.17, 15) is 9.18 Å². The molecular weight excluding hydrogens is 417 g/mol. The first kappa shape index (κ1) is 20.2. The molecule has 3 aromatic rings. The number of aryl methyl sites for hydroxylation is 1. The summed E-state index contributed by atoms with van der Waals surface area (Å²) in [4.78, 5) is 15.3. The first-order valence-corrected chi connectivity index (χ1v) is 10.9. The van der Waals surface area contributed by atoms with Gasteiger partial charge < -0.3 is 9.64 Å². The largest absolute Gasteiger partial charge is 0.370 e. The van der Waals surface area contributed by atoms with Crippen LogP contribution in [-0.4, -0.2) is 40.3 Å². The van der Waals surface area contributed by atoms with Crippen molar-refractivity contribution < 1.29 is 13.9 Å². The number of nitrogens with zero attached hydrogens (tertiary/aromatic N) is 3. The number of rotatable bonds is 4. The third-order valence-corrected chi connectivity index (χ3v) is 6.40. The van der Waals surface area contributed by atoms with Crippen LogP contribution < -0.4 is 0 Å². The Hall–Kier alpha value is -2.70. The van der Waals surface area contributed by atoms with Crippen LogP contribution in [0.2, 0.25) is 5.02 Å². The van der Waals surface area contributed by atoms with Crippen molar-refractivity contribution in [3.05, 3.63) is 81.9 Å². The number of benzene rings is 2. The molecular formula is C24H23ClFN3O2. The molecule has 2 fully saturated rings. The first-order valence-electron chi connectivity index (χ1n) is 10.5. The van der Waals surface area contributed by atoms with Crippen LogP contribution in [0.4, 0.5) is 4.39 Å². The normalized spacial score (nSPS) is 18.9. The molecule has 1 aliphatic heterocycles. The monoisotopic (exact) mass is 439 g/mol. The Labute approximate surface area is 185 Å². The summed E-state index contributed by atoms with van der Waals surface area (Å²) in [6, 6.07) is 12.1. The van der Waals surface area contributed by atoms with Crippen LogP contribution >= 0.6 is 11.6 Å². The Balaban J connectivity index is 1.43. The van der Waals surface area contributed by atoms with Crippen LogP contribution in [-0.2, 0) is 4.74 Å². The fourth-order valence-corrected chi connectivity index (χ4v) is 4.25. The smallest absolute Gasteiger partial charge is 0.257 e. The lowest BCUT2D eigenvalue weighted by atomic mass is 10.1. The quantitative estimate of drug-likeness (QED) is 0.570.